The molecule has 156 valence electrons. The Balaban J connectivity index is 1.58. The van der Waals surface area contributed by atoms with Gasteiger partial charge in [0.05, 0.1) is 37.5 Å². The number of nitriles is 1. The third-order valence-electron chi connectivity index (χ3n) is 5.15. The van der Waals surface area contributed by atoms with Crippen molar-refractivity contribution in [3.05, 3.63) is 59.2 Å². The lowest BCUT2D eigenvalue weighted by Crippen LogP contribution is -3.08. The average Bonchev–Trinajstić information content (AvgIpc) is 3.29. The summed E-state index contributed by atoms with van der Waals surface area (Å²) in [6.07, 6.45) is 2.54. The lowest BCUT2D eigenvalue weighted by atomic mass is 10.1. The van der Waals surface area contributed by atoms with Gasteiger partial charge in [-0.3, -0.25) is 4.79 Å². The van der Waals surface area contributed by atoms with E-state index in [1.807, 2.05) is 25.1 Å². The summed E-state index contributed by atoms with van der Waals surface area (Å²) in [6.45, 7) is 5.01. The summed E-state index contributed by atoms with van der Waals surface area (Å²) in [5.41, 5.74) is 5.87. The molecule has 30 heavy (non-hydrogen) atoms. The molecule has 0 aliphatic carbocycles. The van der Waals surface area contributed by atoms with Crippen LogP contribution in [0.2, 0.25) is 0 Å². The fourth-order valence-corrected chi connectivity index (χ4v) is 3.48. The van der Waals surface area contributed by atoms with Gasteiger partial charge in [0.25, 0.3) is 5.91 Å². The second-order valence-electron chi connectivity index (χ2n) is 7.32. The van der Waals surface area contributed by atoms with Crippen molar-refractivity contribution < 1.29 is 19.2 Å². The van der Waals surface area contributed by atoms with Crippen LogP contribution in [0, 0.1) is 11.3 Å². The first-order valence-electron chi connectivity index (χ1n) is 10.1. The fraction of sp³-hybridized carbons (Fsp3) is 0.348. The normalized spacial score (nSPS) is 14.2. The Kier molecular flexibility index (Phi) is 7.41. The number of ether oxygens (including phenoxy) is 2. The topological polar surface area (TPSA) is 88.2 Å². The molecular formula is C23H27N4O3+. The molecule has 0 saturated carbocycles. The van der Waals surface area contributed by atoms with Crippen molar-refractivity contribution in [3.8, 4) is 17.6 Å². The highest BCUT2D eigenvalue weighted by Crippen LogP contribution is 2.20. The maximum Gasteiger partial charge on any atom is 0.277 e. The number of methoxy groups -OCH3 is 1. The molecule has 0 aromatic heterocycles. The van der Waals surface area contributed by atoms with E-state index in [0.29, 0.717) is 17.0 Å². The van der Waals surface area contributed by atoms with Crippen LogP contribution in [0.1, 0.15) is 36.5 Å². The number of quaternary nitrogens is 1. The van der Waals surface area contributed by atoms with E-state index in [2.05, 4.69) is 16.6 Å². The van der Waals surface area contributed by atoms with Gasteiger partial charge in [-0.05, 0) is 55.0 Å². The molecule has 2 N–H and O–H groups in total. The van der Waals surface area contributed by atoms with Crippen molar-refractivity contribution in [1.29, 1.82) is 5.26 Å². The first kappa shape index (κ1) is 21.3. The van der Waals surface area contributed by atoms with Crippen LogP contribution in [-0.2, 0) is 11.3 Å². The Morgan fingerprint density at radius 1 is 1.20 bits per heavy atom. The van der Waals surface area contributed by atoms with Gasteiger partial charge in [0.1, 0.15) is 18.0 Å². The molecule has 0 atom stereocenters. The van der Waals surface area contributed by atoms with Gasteiger partial charge in [0.15, 0.2) is 6.61 Å². The minimum atomic E-state index is -0.353. The van der Waals surface area contributed by atoms with E-state index >= 15 is 0 Å². The van der Waals surface area contributed by atoms with Crippen molar-refractivity contribution in [3.63, 3.8) is 0 Å². The Morgan fingerprint density at radius 2 is 1.93 bits per heavy atom. The zero-order chi connectivity index (χ0) is 21.3. The number of carbonyl (C=O) groups is 1. The van der Waals surface area contributed by atoms with E-state index in [0.717, 1.165) is 23.4 Å². The van der Waals surface area contributed by atoms with Crippen LogP contribution in [0.5, 0.6) is 11.5 Å². The number of rotatable bonds is 8. The lowest BCUT2D eigenvalue weighted by Gasteiger charge is -2.15. The molecule has 0 spiro atoms. The van der Waals surface area contributed by atoms with Crippen molar-refractivity contribution >= 4 is 11.6 Å². The Bertz CT molecular complexity index is 942. The summed E-state index contributed by atoms with van der Waals surface area (Å²) < 4.78 is 10.9. The second-order valence-corrected chi connectivity index (χ2v) is 7.32. The highest BCUT2D eigenvalue weighted by molar-refractivity contribution is 5.99. The van der Waals surface area contributed by atoms with Gasteiger partial charge >= 0.3 is 0 Å². The van der Waals surface area contributed by atoms with Gasteiger partial charge in [0.2, 0.25) is 0 Å². The number of hydrazone groups is 1. The van der Waals surface area contributed by atoms with Crippen molar-refractivity contribution in [2.45, 2.75) is 26.3 Å². The average molecular weight is 407 g/mol. The first-order chi connectivity index (χ1) is 14.6. The fourth-order valence-electron chi connectivity index (χ4n) is 3.48. The molecule has 7 nitrogen and oxygen atoms in total. The van der Waals surface area contributed by atoms with Gasteiger partial charge < -0.3 is 14.4 Å². The van der Waals surface area contributed by atoms with Crippen LogP contribution in [-0.4, -0.2) is 38.4 Å². The molecular weight excluding hydrogens is 380 g/mol. The highest BCUT2D eigenvalue weighted by atomic mass is 16.5. The Hall–Kier alpha value is -3.37. The van der Waals surface area contributed by atoms with Crippen LogP contribution in [0.4, 0.5) is 0 Å². The number of likely N-dealkylation sites (tertiary alicyclic amines) is 1. The van der Waals surface area contributed by atoms with Crippen molar-refractivity contribution in [2.24, 2.45) is 5.10 Å². The monoisotopic (exact) mass is 407 g/mol. The maximum absolute atomic E-state index is 12.1. The number of hydrogen-bond acceptors (Lipinski definition) is 5. The molecule has 7 heteroatoms. The third kappa shape index (κ3) is 5.82. The number of amides is 1. The van der Waals surface area contributed by atoms with Crippen molar-refractivity contribution in [2.75, 3.05) is 26.8 Å². The number of nitrogens with zero attached hydrogens (tertiary/aromatic N) is 2. The van der Waals surface area contributed by atoms with E-state index in [1.165, 1.54) is 25.9 Å². The Morgan fingerprint density at radius 3 is 2.60 bits per heavy atom. The highest BCUT2D eigenvalue weighted by Gasteiger charge is 2.18. The first-order valence-corrected chi connectivity index (χ1v) is 10.1. The van der Waals surface area contributed by atoms with Gasteiger partial charge in [-0.15, -0.1) is 0 Å². The quantitative estimate of drug-likeness (QED) is 0.515. The molecule has 0 radical (unpaired) electrons. The van der Waals surface area contributed by atoms with E-state index in [1.54, 1.807) is 36.3 Å². The summed E-state index contributed by atoms with van der Waals surface area (Å²) in [4.78, 5) is 13.6. The minimum absolute atomic E-state index is 0.158. The number of hydrogen-bond donors (Lipinski definition) is 2. The van der Waals surface area contributed by atoms with Crippen LogP contribution in [0.25, 0.3) is 0 Å². The molecule has 1 saturated heterocycles. The van der Waals surface area contributed by atoms with Gasteiger partial charge in [-0.25, -0.2) is 5.43 Å². The molecule has 1 heterocycles. The van der Waals surface area contributed by atoms with Gasteiger partial charge in [-0.2, -0.15) is 10.4 Å². The molecule has 2 aromatic carbocycles. The van der Waals surface area contributed by atoms with Crippen LogP contribution < -0.4 is 19.8 Å². The largest absolute Gasteiger partial charge is 0.496 e. The van der Waals surface area contributed by atoms with E-state index in [4.69, 9.17) is 14.7 Å². The third-order valence-corrected chi connectivity index (χ3v) is 5.15. The lowest BCUT2D eigenvalue weighted by molar-refractivity contribution is -0.901. The SMILES string of the molecule is COc1ccc(/C(C)=N\NC(=O)COc2ccc(C#N)cc2)cc1C[NH+]1CCCC1. The summed E-state index contributed by atoms with van der Waals surface area (Å²) in [5.74, 6) is 1.05. The Labute approximate surface area is 176 Å². The summed E-state index contributed by atoms with van der Waals surface area (Å²) in [6, 6.07) is 14.6. The molecule has 2 aromatic rings. The maximum atomic E-state index is 12.1. The zero-order valence-corrected chi connectivity index (χ0v) is 17.4. The van der Waals surface area contributed by atoms with Gasteiger partial charge in [0, 0.05) is 18.4 Å². The molecule has 1 aliphatic heterocycles. The predicted octanol–water partition coefficient (Wildman–Crippen LogP) is 1.66. The van der Waals surface area contributed by atoms with Crippen LogP contribution in [0.3, 0.4) is 0 Å². The predicted molar refractivity (Wildman–Crippen MR) is 114 cm³/mol. The van der Waals surface area contributed by atoms with E-state index in [-0.39, 0.29) is 12.5 Å². The molecule has 0 bridgehead atoms. The minimum Gasteiger partial charge on any atom is -0.496 e. The smallest absolute Gasteiger partial charge is 0.277 e. The zero-order valence-electron chi connectivity index (χ0n) is 17.4. The van der Waals surface area contributed by atoms with Crippen LogP contribution >= 0.6 is 0 Å². The molecule has 1 fully saturated rings. The summed E-state index contributed by atoms with van der Waals surface area (Å²) in [5, 5.41) is 13.0. The number of benzene rings is 2. The van der Waals surface area contributed by atoms with Crippen LogP contribution in [0.15, 0.2) is 47.6 Å². The van der Waals surface area contributed by atoms with E-state index < -0.39 is 0 Å². The number of nitrogens with one attached hydrogen (secondary N) is 2. The molecule has 3 rings (SSSR count). The molecule has 1 amide bonds. The summed E-state index contributed by atoms with van der Waals surface area (Å²) >= 11 is 0. The van der Waals surface area contributed by atoms with Gasteiger partial charge in [-0.1, -0.05) is 0 Å². The second kappa shape index (κ2) is 10.4. The van der Waals surface area contributed by atoms with Crippen molar-refractivity contribution in [1.82, 2.24) is 5.43 Å². The van der Waals surface area contributed by atoms with E-state index in [9.17, 15) is 4.79 Å². The molecule has 0 unspecified atom stereocenters. The molecule has 1 aliphatic rings. The number of carbonyl (C=O) groups excluding carboxylic acids is 1. The standard InChI is InChI=1S/C23H26N4O3/c1-17(25-26-23(28)16-30-21-8-5-18(14-24)6-9-21)19-7-10-22(29-2)20(13-19)15-27-11-3-4-12-27/h5-10,13H,3-4,11-12,15-16H2,1-2H3,(H,26,28)/p+1/b25-17-. The summed E-state index contributed by atoms with van der Waals surface area (Å²) in [7, 11) is 1.69.